The molecule has 1 aromatic rings. The molecule has 18 heavy (non-hydrogen) atoms. The van der Waals surface area contributed by atoms with Gasteiger partial charge in [0.1, 0.15) is 5.15 Å². The Morgan fingerprint density at radius 1 is 1.50 bits per heavy atom. The second-order valence-corrected chi connectivity index (χ2v) is 5.79. The largest absolute Gasteiger partial charge is 0.314 e. The molecule has 2 heterocycles. The summed E-state index contributed by atoms with van der Waals surface area (Å²) in [5.41, 5.74) is 2.42. The highest BCUT2D eigenvalue weighted by atomic mass is 35.5. The van der Waals surface area contributed by atoms with Gasteiger partial charge in [0, 0.05) is 44.3 Å². The Morgan fingerprint density at radius 2 is 2.22 bits per heavy atom. The first-order chi connectivity index (χ1) is 8.48. The van der Waals surface area contributed by atoms with Crippen molar-refractivity contribution in [3.8, 4) is 0 Å². The molecule has 0 aliphatic carbocycles. The zero-order chi connectivity index (χ0) is 13.3. The summed E-state index contributed by atoms with van der Waals surface area (Å²) in [5.74, 6) is 0. The van der Waals surface area contributed by atoms with Gasteiger partial charge in [-0.2, -0.15) is 5.10 Å². The molecule has 0 amide bonds. The van der Waals surface area contributed by atoms with Crippen LogP contribution in [0.15, 0.2) is 0 Å². The molecule has 102 valence electrons. The van der Waals surface area contributed by atoms with Gasteiger partial charge in [0.05, 0.1) is 5.69 Å². The van der Waals surface area contributed by atoms with Gasteiger partial charge in [0.25, 0.3) is 0 Å². The molecule has 1 aliphatic rings. The SMILES string of the molecule is CCC1(C)CNCCN1Cc1c(C)nn(C)c1Cl. The van der Waals surface area contributed by atoms with Crippen LogP contribution in [0, 0.1) is 6.92 Å². The number of rotatable bonds is 3. The van der Waals surface area contributed by atoms with Crippen molar-refractivity contribution in [2.24, 2.45) is 7.05 Å². The fourth-order valence-electron chi connectivity index (χ4n) is 2.62. The molecule has 1 aliphatic heterocycles. The Kier molecular flexibility index (Phi) is 3.99. The van der Waals surface area contributed by atoms with Crippen LogP contribution in [0.1, 0.15) is 31.5 Å². The van der Waals surface area contributed by atoms with Crippen molar-refractivity contribution >= 4 is 11.6 Å². The van der Waals surface area contributed by atoms with Gasteiger partial charge in [-0.05, 0) is 20.3 Å². The maximum Gasteiger partial charge on any atom is 0.131 e. The number of halogens is 1. The van der Waals surface area contributed by atoms with Crippen LogP contribution in [-0.4, -0.2) is 39.9 Å². The lowest BCUT2D eigenvalue weighted by Crippen LogP contribution is -2.58. The first kappa shape index (κ1) is 13.8. The normalized spacial score (nSPS) is 25.6. The molecule has 0 spiro atoms. The van der Waals surface area contributed by atoms with Crippen LogP contribution in [0.4, 0.5) is 0 Å². The van der Waals surface area contributed by atoms with Crippen molar-refractivity contribution < 1.29 is 0 Å². The first-order valence-corrected chi connectivity index (χ1v) is 6.99. The summed E-state index contributed by atoms with van der Waals surface area (Å²) >= 11 is 6.33. The molecule has 0 saturated carbocycles. The predicted octanol–water partition coefficient (Wildman–Crippen LogP) is 1.96. The average Bonchev–Trinajstić information content (AvgIpc) is 2.59. The smallest absolute Gasteiger partial charge is 0.131 e. The van der Waals surface area contributed by atoms with Crippen LogP contribution in [0.3, 0.4) is 0 Å². The van der Waals surface area contributed by atoms with Crippen LogP contribution >= 0.6 is 11.6 Å². The zero-order valence-electron chi connectivity index (χ0n) is 11.8. The van der Waals surface area contributed by atoms with Crippen LogP contribution in [-0.2, 0) is 13.6 Å². The third-order valence-electron chi connectivity index (χ3n) is 4.21. The Balaban J connectivity index is 2.21. The fourth-order valence-corrected chi connectivity index (χ4v) is 2.85. The predicted molar refractivity (Wildman–Crippen MR) is 74.9 cm³/mol. The summed E-state index contributed by atoms with van der Waals surface area (Å²) in [7, 11) is 1.90. The molecule has 2 rings (SSSR count). The van der Waals surface area contributed by atoms with E-state index in [0.717, 1.165) is 43.4 Å². The summed E-state index contributed by atoms with van der Waals surface area (Å²) < 4.78 is 1.76. The van der Waals surface area contributed by atoms with E-state index in [4.69, 9.17) is 11.6 Å². The highest BCUT2D eigenvalue weighted by molar-refractivity contribution is 6.30. The Bertz CT molecular complexity index is 429. The van der Waals surface area contributed by atoms with Crippen molar-refractivity contribution in [3.63, 3.8) is 0 Å². The molecule has 1 unspecified atom stereocenters. The second-order valence-electron chi connectivity index (χ2n) is 5.43. The van der Waals surface area contributed by atoms with E-state index in [2.05, 4.69) is 29.2 Å². The molecule has 5 heteroatoms. The minimum Gasteiger partial charge on any atom is -0.314 e. The molecule has 1 aromatic heterocycles. The molecule has 1 fully saturated rings. The van der Waals surface area contributed by atoms with E-state index in [1.54, 1.807) is 4.68 Å². The Hall–Kier alpha value is -0.580. The van der Waals surface area contributed by atoms with Gasteiger partial charge in [0.2, 0.25) is 0 Å². The van der Waals surface area contributed by atoms with Gasteiger partial charge < -0.3 is 5.32 Å². The third kappa shape index (κ3) is 2.42. The van der Waals surface area contributed by atoms with E-state index in [1.807, 2.05) is 14.0 Å². The van der Waals surface area contributed by atoms with Gasteiger partial charge in [-0.3, -0.25) is 9.58 Å². The maximum atomic E-state index is 6.33. The van der Waals surface area contributed by atoms with Crippen molar-refractivity contribution in [1.82, 2.24) is 20.0 Å². The Morgan fingerprint density at radius 3 is 2.78 bits per heavy atom. The quantitative estimate of drug-likeness (QED) is 0.912. The summed E-state index contributed by atoms with van der Waals surface area (Å²) in [4.78, 5) is 2.53. The van der Waals surface area contributed by atoms with Crippen molar-refractivity contribution in [3.05, 3.63) is 16.4 Å². The number of piperazine rings is 1. The Labute approximate surface area is 114 Å². The van der Waals surface area contributed by atoms with Crippen LogP contribution in [0.5, 0.6) is 0 Å². The van der Waals surface area contributed by atoms with Gasteiger partial charge >= 0.3 is 0 Å². The molecule has 4 nitrogen and oxygen atoms in total. The molecule has 1 N–H and O–H groups in total. The lowest BCUT2D eigenvalue weighted by atomic mass is 9.93. The highest BCUT2D eigenvalue weighted by Gasteiger charge is 2.33. The maximum absolute atomic E-state index is 6.33. The standard InChI is InChI=1S/C13H23ClN4/c1-5-13(3)9-15-6-7-18(13)8-11-10(2)16-17(4)12(11)14/h15H,5-9H2,1-4H3. The minimum absolute atomic E-state index is 0.212. The number of nitrogens with one attached hydrogen (secondary N) is 1. The topological polar surface area (TPSA) is 33.1 Å². The van der Waals surface area contributed by atoms with Crippen LogP contribution < -0.4 is 5.32 Å². The van der Waals surface area contributed by atoms with Crippen molar-refractivity contribution in [1.29, 1.82) is 0 Å². The van der Waals surface area contributed by atoms with Gasteiger partial charge in [-0.15, -0.1) is 0 Å². The molecule has 1 saturated heterocycles. The van der Waals surface area contributed by atoms with Crippen molar-refractivity contribution in [2.45, 2.75) is 39.3 Å². The summed E-state index contributed by atoms with van der Waals surface area (Å²) in [6, 6.07) is 0. The number of aromatic nitrogens is 2. The second kappa shape index (κ2) is 5.19. The summed E-state index contributed by atoms with van der Waals surface area (Å²) in [5, 5.41) is 8.64. The summed E-state index contributed by atoms with van der Waals surface area (Å²) in [6.45, 7) is 10.6. The monoisotopic (exact) mass is 270 g/mol. The number of hydrogen-bond donors (Lipinski definition) is 1. The van der Waals surface area contributed by atoms with E-state index < -0.39 is 0 Å². The lowest BCUT2D eigenvalue weighted by molar-refractivity contribution is 0.0636. The number of aryl methyl sites for hydroxylation is 2. The van der Waals surface area contributed by atoms with E-state index in [0.29, 0.717) is 0 Å². The molecule has 0 radical (unpaired) electrons. The number of hydrogen-bond acceptors (Lipinski definition) is 3. The van der Waals surface area contributed by atoms with Crippen LogP contribution in [0.2, 0.25) is 5.15 Å². The van der Waals surface area contributed by atoms with Gasteiger partial charge in [-0.1, -0.05) is 18.5 Å². The fraction of sp³-hybridized carbons (Fsp3) is 0.769. The molecule has 0 bridgehead atoms. The van der Waals surface area contributed by atoms with E-state index in [1.165, 1.54) is 5.56 Å². The lowest BCUT2D eigenvalue weighted by Gasteiger charge is -2.45. The molecular weight excluding hydrogens is 248 g/mol. The summed E-state index contributed by atoms with van der Waals surface area (Å²) in [6.07, 6.45) is 1.14. The minimum atomic E-state index is 0.212. The van der Waals surface area contributed by atoms with E-state index >= 15 is 0 Å². The molecule has 1 atom stereocenters. The van der Waals surface area contributed by atoms with Crippen molar-refractivity contribution in [2.75, 3.05) is 19.6 Å². The highest BCUT2D eigenvalue weighted by Crippen LogP contribution is 2.27. The first-order valence-electron chi connectivity index (χ1n) is 6.61. The van der Waals surface area contributed by atoms with E-state index in [-0.39, 0.29) is 5.54 Å². The average molecular weight is 271 g/mol. The van der Waals surface area contributed by atoms with Gasteiger partial charge in [-0.25, -0.2) is 0 Å². The van der Waals surface area contributed by atoms with Crippen LogP contribution in [0.25, 0.3) is 0 Å². The van der Waals surface area contributed by atoms with Gasteiger partial charge in [0.15, 0.2) is 0 Å². The number of nitrogens with zero attached hydrogens (tertiary/aromatic N) is 3. The molecular formula is C13H23ClN4. The molecule has 0 aromatic carbocycles. The third-order valence-corrected chi connectivity index (χ3v) is 4.68. The zero-order valence-corrected chi connectivity index (χ0v) is 12.5. The van der Waals surface area contributed by atoms with E-state index in [9.17, 15) is 0 Å².